The summed E-state index contributed by atoms with van der Waals surface area (Å²) in [4.78, 5) is 0. The van der Waals surface area contributed by atoms with E-state index in [1.54, 1.807) is 0 Å². The molecule has 2 atom stereocenters. The Balaban J connectivity index is 1.95. The Morgan fingerprint density at radius 2 is 1.80 bits per heavy atom. The lowest BCUT2D eigenvalue weighted by molar-refractivity contribution is 0.187. The second kappa shape index (κ2) is 7.46. The maximum atomic E-state index is 9.78. The number of hydrogen-bond donors (Lipinski definition) is 1. The van der Waals surface area contributed by atoms with Gasteiger partial charge in [-0.25, -0.2) is 0 Å². The molecular formula is C18H32N2. The van der Waals surface area contributed by atoms with Crippen LogP contribution in [0.3, 0.4) is 0 Å². The van der Waals surface area contributed by atoms with Crippen LogP contribution < -0.4 is 5.32 Å². The second-order valence-corrected chi connectivity index (χ2v) is 7.62. The Hall–Kier alpha value is -0.550. The minimum Gasteiger partial charge on any atom is -0.297 e. The van der Waals surface area contributed by atoms with E-state index in [0.717, 1.165) is 24.7 Å². The topological polar surface area (TPSA) is 35.8 Å². The van der Waals surface area contributed by atoms with Crippen LogP contribution in [0.4, 0.5) is 0 Å². The quantitative estimate of drug-likeness (QED) is 0.749. The largest absolute Gasteiger partial charge is 0.297 e. The fraction of sp³-hybridized carbons (Fsp3) is 0.944. The predicted molar refractivity (Wildman–Crippen MR) is 84.4 cm³/mol. The van der Waals surface area contributed by atoms with Gasteiger partial charge in [0.05, 0.1) is 6.07 Å². The summed E-state index contributed by atoms with van der Waals surface area (Å²) >= 11 is 0. The van der Waals surface area contributed by atoms with Crippen LogP contribution in [0.2, 0.25) is 0 Å². The van der Waals surface area contributed by atoms with Gasteiger partial charge in [0.25, 0.3) is 0 Å². The molecule has 2 rings (SSSR count). The number of hydrogen-bond acceptors (Lipinski definition) is 2. The first-order valence-electron chi connectivity index (χ1n) is 8.82. The molecule has 2 aliphatic rings. The summed E-state index contributed by atoms with van der Waals surface area (Å²) < 4.78 is 0. The zero-order chi connectivity index (χ0) is 14.4. The van der Waals surface area contributed by atoms with Gasteiger partial charge < -0.3 is 0 Å². The van der Waals surface area contributed by atoms with E-state index in [1.165, 1.54) is 57.8 Å². The van der Waals surface area contributed by atoms with E-state index in [4.69, 9.17) is 0 Å². The Morgan fingerprint density at radius 3 is 2.40 bits per heavy atom. The molecule has 0 aromatic heterocycles. The molecule has 2 nitrogen and oxygen atoms in total. The van der Waals surface area contributed by atoms with Gasteiger partial charge in [0.15, 0.2) is 0 Å². The maximum absolute atomic E-state index is 9.78. The Kier molecular flexibility index (Phi) is 5.90. The third-order valence-corrected chi connectivity index (χ3v) is 5.21. The molecule has 0 radical (unpaired) electrons. The average molecular weight is 276 g/mol. The minimum atomic E-state index is -0.215. The summed E-state index contributed by atoms with van der Waals surface area (Å²) in [5.74, 6) is 1.51. The van der Waals surface area contributed by atoms with Crippen LogP contribution in [0.5, 0.6) is 0 Å². The van der Waals surface area contributed by atoms with Crippen molar-refractivity contribution in [3.63, 3.8) is 0 Å². The van der Waals surface area contributed by atoms with E-state index in [-0.39, 0.29) is 5.54 Å². The van der Waals surface area contributed by atoms with Gasteiger partial charge in [0, 0.05) is 6.04 Å². The highest BCUT2D eigenvalue weighted by atomic mass is 15.0. The van der Waals surface area contributed by atoms with Crippen LogP contribution >= 0.6 is 0 Å². The summed E-state index contributed by atoms with van der Waals surface area (Å²) in [7, 11) is 0. The van der Waals surface area contributed by atoms with E-state index in [9.17, 15) is 5.26 Å². The van der Waals surface area contributed by atoms with E-state index in [0.29, 0.717) is 6.04 Å². The fourth-order valence-electron chi connectivity index (χ4n) is 4.34. The van der Waals surface area contributed by atoms with Crippen LogP contribution in [0, 0.1) is 23.2 Å². The van der Waals surface area contributed by atoms with Crippen molar-refractivity contribution in [2.45, 2.75) is 96.1 Å². The zero-order valence-corrected chi connectivity index (χ0v) is 13.5. The third-order valence-electron chi connectivity index (χ3n) is 5.21. The van der Waals surface area contributed by atoms with Crippen molar-refractivity contribution in [1.82, 2.24) is 5.32 Å². The van der Waals surface area contributed by atoms with Gasteiger partial charge in [-0.1, -0.05) is 52.4 Å². The molecule has 114 valence electrons. The van der Waals surface area contributed by atoms with Crippen LogP contribution in [-0.4, -0.2) is 11.6 Å². The molecule has 0 spiro atoms. The van der Waals surface area contributed by atoms with Crippen molar-refractivity contribution in [2.75, 3.05) is 0 Å². The lowest BCUT2D eigenvalue weighted by Gasteiger charge is -2.39. The van der Waals surface area contributed by atoms with Crippen molar-refractivity contribution in [3.05, 3.63) is 0 Å². The van der Waals surface area contributed by atoms with Crippen LogP contribution in [-0.2, 0) is 0 Å². The Morgan fingerprint density at radius 1 is 1.10 bits per heavy atom. The highest BCUT2D eigenvalue weighted by Gasteiger charge is 2.38. The molecule has 0 aromatic carbocycles. The first-order valence-corrected chi connectivity index (χ1v) is 8.82. The van der Waals surface area contributed by atoms with Crippen molar-refractivity contribution in [2.24, 2.45) is 11.8 Å². The smallest absolute Gasteiger partial charge is 0.107 e. The van der Waals surface area contributed by atoms with E-state index >= 15 is 0 Å². The Bertz CT molecular complexity index is 323. The highest BCUT2D eigenvalue weighted by molar-refractivity contribution is 5.11. The SMILES string of the molecule is CC(C)CC1CCCC(C#N)(NC2CCCCCC2)C1. The molecule has 0 saturated heterocycles. The lowest BCUT2D eigenvalue weighted by atomic mass is 9.73. The predicted octanol–water partition coefficient (Wildman–Crippen LogP) is 4.80. The number of nitrogens with one attached hydrogen (secondary N) is 1. The molecular weight excluding hydrogens is 244 g/mol. The molecule has 0 aromatic rings. The molecule has 2 heteroatoms. The third kappa shape index (κ3) is 4.48. The molecule has 0 bridgehead atoms. The molecule has 0 heterocycles. The fourth-order valence-corrected chi connectivity index (χ4v) is 4.34. The number of nitriles is 1. The van der Waals surface area contributed by atoms with E-state index in [2.05, 4.69) is 25.2 Å². The summed E-state index contributed by atoms with van der Waals surface area (Å²) in [6.45, 7) is 4.61. The van der Waals surface area contributed by atoms with Crippen LogP contribution in [0.15, 0.2) is 0 Å². The zero-order valence-electron chi connectivity index (χ0n) is 13.5. The van der Waals surface area contributed by atoms with Crippen molar-refractivity contribution in [3.8, 4) is 6.07 Å². The molecule has 0 amide bonds. The average Bonchev–Trinajstić information content (AvgIpc) is 2.67. The van der Waals surface area contributed by atoms with Gasteiger partial charge in [-0.15, -0.1) is 0 Å². The van der Waals surface area contributed by atoms with Gasteiger partial charge in [0.2, 0.25) is 0 Å². The number of rotatable bonds is 4. The van der Waals surface area contributed by atoms with Crippen LogP contribution in [0.1, 0.15) is 84.5 Å². The molecule has 2 aliphatic carbocycles. The lowest BCUT2D eigenvalue weighted by Crippen LogP contribution is -2.52. The van der Waals surface area contributed by atoms with Crippen molar-refractivity contribution >= 4 is 0 Å². The first kappa shape index (κ1) is 15.8. The highest BCUT2D eigenvalue weighted by Crippen LogP contribution is 2.36. The standard InChI is InChI=1S/C18H32N2/c1-15(2)12-16-8-7-11-18(13-16,14-19)20-17-9-5-3-4-6-10-17/h15-17,20H,3-13H2,1-2H3. The van der Waals surface area contributed by atoms with E-state index in [1.807, 2.05) is 0 Å². The van der Waals surface area contributed by atoms with Gasteiger partial charge in [-0.05, 0) is 43.9 Å². The van der Waals surface area contributed by atoms with Gasteiger partial charge in [-0.3, -0.25) is 5.32 Å². The molecule has 2 saturated carbocycles. The molecule has 20 heavy (non-hydrogen) atoms. The summed E-state index contributed by atoms with van der Waals surface area (Å²) in [5, 5.41) is 13.6. The minimum absolute atomic E-state index is 0.215. The van der Waals surface area contributed by atoms with Gasteiger partial charge in [0.1, 0.15) is 5.54 Å². The number of nitrogens with zero attached hydrogens (tertiary/aromatic N) is 1. The van der Waals surface area contributed by atoms with E-state index < -0.39 is 0 Å². The second-order valence-electron chi connectivity index (χ2n) is 7.62. The monoisotopic (exact) mass is 276 g/mol. The molecule has 2 unspecified atom stereocenters. The summed E-state index contributed by atoms with van der Waals surface area (Å²) in [5.41, 5.74) is -0.215. The summed E-state index contributed by atoms with van der Waals surface area (Å²) in [6.07, 6.45) is 14.0. The molecule has 2 fully saturated rings. The Labute approximate surface area is 125 Å². The molecule has 0 aliphatic heterocycles. The first-order chi connectivity index (χ1) is 9.63. The van der Waals surface area contributed by atoms with Gasteiger partial charge >= 0.3 is 0 Å². The van der Waals surface area contributed by atoms with Crippen molar-refractivity contribution in [1.29, 1.82) is 5.26 Å². The normalized spacial score (nSPS) is 32.8. The maximum Gasteiger partial charge on any atom is 0.107 e. The van der Waals surface area contributed by atoms with Gasteiger partial charge in [-0.2, -0.15) is 5.26 Å². The van der Waals surface area contributed by atoms with Crippen molar-refractivity contribution < 1.29 is 0 Å². The molecule has 1 N–H and O–H groups in total. The summed E-state index contributed by atoms with van der Waals surface area (Å²) in [6, 6.07) is 3.27. The van der Waals surface area contributed by atoms with Crippen LogP contribution in [0.25, 0.3) is 0 Å².